The number of non-ortho nitro benzene ring substituents is 1. The van der Waals surface area contributed by atoms with Crippen molar-refractivity contribution in [2.24, 2.45) is 5.92 Å². The van der Waals surface area contributed by atoms with Crippen molar-refractivity contribution in [1.29, 1.82) is 0 Å². The van der Waals surface area contributed by atoms with Crippen LogP contribution in [0.5, 0.6) is 5.75 Å². The SMILES string of the molecule is COc1cc([N+](=O)[O-])cc([N+](=O)[O-])c1N1CCC(C)CC1. The van der Waals surface area contributed by atoms with Crippen molar-refractivity contribution >= 4 is 17.1 Å². The summed E-state index contributed by atoms with van der Waals surface area (Å²) < 4.78 is 5.16. The van der Waals surface area contributed by atoms with E-state index >= 15 is 0 Å². The smallest absolute Gasteiger partial charge is 0.303 e. The van der Waals surface area contributed by atoms with Gasteiger partial charge >= 0.3 is 5.69 Å². The van der Waals surface area contributed by atoms with E-state index < -0.39 is 9.85 Å². The number of nitro benzene ring substituents is 2. The van der Waals surface area contributed by atoms with Crippen LogP contribution in [0.15, 0.2) is 12.1 Å². The highest BCUT2D eigenvalue weighted by molar-refractivity contribution is 5.75. The summed E-state index contributed by atoms with van der Waals surface area (Å²) in [5, 5.41) is 22.2. The molecule has 1 aliphatic rings. The van der Waals surface area contributed by atoms with E-state index in [0.29, 0.717) is 24.7 Å². The standard InChI is InChI=1S/C13H17N3O5/c1-9-3-5-14(6-4-9)13-11(16(19)20)7-10(15(17)18)8-12(13)21-2/h7-9H,3-6H2,1-2H3. The molecule has 0 radical (unpaired) electrons. The number of nitro groups is 2. The van der Waals surface area contributed by atoms with E-state index in [1.165, 1.54) is 13.2 Å². The Morgan fingerprint density at radius 3 is 2.29 bits per heavy atom. The van der Waals surface area contributed by atoms with Crippen molar-refractivity contribution in [3.8, 4) is 5.75 Å². The topological polar surface area (TPSA) is 98.8 Å². The van der Waals surface area contributed by atoms with Gasteiger partial charge in [0.05, 0.1) is 29.1 Å². The molecule has 0 spiro atoms. The minimum absolute atomic E-state index is 0.172. The third-order valence-corrected chi connectivity index (χ3v) is 3.77. The minimum atomic E-state index is -0.655. The van der Waals surface area contributed by atoms with Gasteiger partial charge in [-0.2, -0.15) is 0 Å². The second-order valence-electron chi connectivity index (χ2n) is 5.20. The van der Waals surface area contributed by atoms with Gasteiger partial charge in [0, 0.05) is 13.1 Å². The van der Waals surface area contributed by atoms with Crippen LogP contribution >= 0.6 is 0 Å². The molecular weight excluding hydrogens is 278 g/mol. The molecule has 8 nitrogen and oxygen atoms in total. The molecule has 1 saturated heterocycles. The lowest BCUT2D eigenvalue weighted by atomic mass is 9.98. The number of hydrogen-bond donors (Lipinski definition) is 0. The predicted molar refractivity (Wildman–Crippen MR) is 76.9 cm³/mol. The summed E-state index contributed by atoms with van der Waals surface area (Å²) >= 11 is 0. The fourth-order valence-electron chi connectivity index (χ4n) is 2.53. The average Bonchev–Trinajstić information content (AvgIpc) is 2.46. The van der Waals surface area contributed by atoms with Crippen LogP contribution in [0.2, 0.25) is 0 Å². The fraction of sp³-hybridized carbons (Fsp3) is 0.538. The maximum absolute atomic E-state index is 11.3. The molecule has 0 aliphatic carbocycles. The molecule has 1 heterocycles. The maximum atomic E-state index is 11.3. The molecule has 1 aromatic rings. The highest BCUT2D eigenvalue weighted by atomic mass is 16.6. The number of rotatable bonds is 4. The van der Waals surface area contributed by atoms with Crippen molar-refractivity contribution in [3.63, 3.8) is 0 Å². The van der Waals surface area contributed by atoms with Crippen LogP contribution in [0.3, 0.4) is 0 Å². The van der Waals surface area contributed by atoms with E-state index in [9.17, 15) is 20.2 Å². The van der Waals surface area contributed by atoms with Crippen LogP contribution in [0.4, 0.5) is 17.1 Å². The number of anilines is 1. The van der Waals surface area contributed by atoms with E-state index in [1.807, 2.05) is 4.90 Å². The van der Waals surface area contributed by atoms with Crippen molar-refractivity contribution < 1.29 is 14.6 Å². The first kappa shape index (κ1) is 15.0. The molecule has 0 bridgehead atoms. The zero-order valence-corrected chi connectivity index (χ0v) is 11.9. The summed E-state index contributed by atoms with van der Waals surface area (Å²) in [5.41, 5.74) is -0.289. The quantitative estimate of drug-likeness (QED) is 0.625. The second-order valence-corrected chi connectivity index (χ2v) is 5.20. The molecule has 0 amide bonds. The Kier molecular flexibility index (Phi) is 4.25. The number of methoxy groups -OCH3 is 1. The van der Waals surface area contributed by atoms with Crippen molar-refractivity contribution in [2.75, 3.05) is 25.1 Å². The predicted octanol–water partition coefficient (Wildman–Crippen LogP) is 2.75. The van der Waals surface area contributed by atoms with Crippen molar-refractivity contribution in [1.82, 2.24) is 0 Å². The van der Waals surface area contributed by atoms with Gasteiger partial charge in [0.15, 0.2) is 11.4 Å². The zero-order valence-electron chi connectivity index (χ0n) is 11.9. The average molecular weight is 295 g/mol. The Morgan fingerprint density at radius 1 is 1.19 bits per heavy atom. The Balaban J connectivity index is 2.51. The van der Waals surface area contributed by atoms with Crippen LogP contribution < -0.4 is 9.64 Å². The Labute approximate surface area is 121 Å². The summed E-state index contributed by atoms with van der Waals surface area (Å²) in [6.07, 6.45) is 1.86. The number of nitrogens with zero attached hydrogens (tertiary/aromatic N) is 3. The highest BCUT2D eigenvalue weighted by Crippen LogP contribution is 2.42. The molecule has 0 unspecified atom stereocenters. The number of ether oxygens (including phenoxy) is 1. The molecule has 0 N–H and O–H groups in total. The van der Waals surface area contributed by atoms with Gasteiger partial charge in [-0.1, -0.05) is 6.92 Å². The first-order valence-corrected chi connectivity index (χ1v) is 6.69. The summed E-state index contributed by atoms with van der Waals surface area (Å²) in [4.78, 5) is 22.8. The van der Waals surface area contributed by atoms with Gasteiger partial charge < -0.3 is 9.64 Å². The third-order valence-electron chi connectivity index (χ3n) is 3.77. The Morgan fingerprint density at radius 2 is 1.81 bits per heavy atom. The molecular formula is C13H17N3O5. The zero-order chi connectivity index (χ0) is 15.6. The summed E-state index contributed by atoms with van der Waals surface area (Å²) in [6, 6.07) is 2.23. The van der Waals surface area contributed by atoms with Crippen molar-refractivity contribution in [2.45, 2.75) is 19.8 Å². The van der Waals surface area contributed by atoms with Gasteiger partial charge in [0.25, 0.3) is 5.69 Å². The highest BCUT2D eigenvalue weighted by Gasteiger charge is 2.30. The number of hydrogen-bond acceptors (Lipinski definition) is 6. The molecule has 21 heavy (non-hydrogen) atoms. The number of benzene rings is 1. The third kappa shape index (κ3) is 3.04. The molecule has 1 aromatic carbocycles. The molecule has 114 valence electrons. The van der Waals surface area contributed by atoms with E-state index in [4.69, 9.17) is 4.74 Å². The largest absolute Gasteiger partial charge is 0.494 e. The second kappa shape index (κ2) is 5.94. The van der Waals surface area contributed by atoms with E-state index in [-0.39, 0.29) is 17.1 Å². The van der Waals surface area contributed by atoms with Gasteiger partial charge in [0.1, 0.15) is 0 Å². The lowest BCUT2D eigenvalue weighted by Gasteiger charge is -2.32. The van der Waals surface area contributed by atoms with Gasteiger partial charge in [-0.25, -0.2) is 0 Å². The lowest BCUT2D eigenvalue weighted by molar-refractivity contribution is -0.393. The van der Waals surface area contributed by atoms with Crippen LogP contribution in [-0.2, 0) is 0 Å². The van der Waals surface area contributed by atoms with E-state index in [0.717, 1.165) is 18.9 Å². The van der Waals surface area contributed by atoms with Crippen LogP contribution in [0, 0.1) is 26.1 Å². The van der Waals surface area contributed by atoms with Gasteiger partial charge in [-0.05, 0) is 18.8 Å². The van der Waals surface area contributed by atoms with Gasteiger partial charge in [0.2, 0.25) is 0 Å². The molecule has 1 aliphatic heterocycles. The van der Waals surface area contributed by atoms with Crippen LogP contribution in [0.1, 0.15) is 19.8 Å². The molecule has 0 saturated carbocycles. The first-order chi connectivity index (χ1) is 9.93. The maximum Gasteiger partial charge on any atom is 0.303 e. The minimum Gasteiger partial charge on any atom is -0.494 e. The Bertz CT molecular complexity index is 567. The fourth-order valence-corrected chi connectivity index (χ4v) is 2.53. The summed E-state index contributed by atoms with van der Waals surface area (Å²) in [7, 11) is 1.36. The first-order valence-electron chi connectivity index (χ1n) is 6.69. The normalized spacial score (nSPS) is 15.8. The van der Waals surface area contributed by atoms with E-state index in [1.54, 1.807) is 0 Å². The molecule has 2 rings (SSSR count). The molecule has 0 aromatic heterocycles. The van der Waals surface area contributed by atoms with Crippen LogP contribution in [-0.4, -0.2) is 30.0 Å². The summed E-state index contributed by atoms with van der Waals surface area (Å²) in [6.45, 7) is 3.49. The Hall–Kier alpha value is -2.38. The van der Waals surface area contributed by atoms with Gasteiger partial charge in [-0.15, -0.1) is 0 Å². The van der Waals surface area contributed by atoms with Gasteiger partial charge in [-0.3, -0.25) is 20.2 Å². The lowest BCUT2D eigenvalue weighted by Crippen LogP contribution is -2.33. The number of piperidine rings is 1. The monoisotopic (exact) mass is 295 g/mol. The molecule has 1 fully saturated rings. The van der Waals surface area contributed by atoms with Crippen molar-refractivity contribution in [3.05, 3.63) is 32.4 Å². The molecule has 0 atom stereocenters. The van der Waals surface area contributed by atoms with Crippen LogP contribution in [0.25, 0.3) is 0 Å². The van der Waals surface area contributed by atoms with E-state index in [2.05, 4.69) is 6.92 Å². The molecule has 8 heteroatoms. The summed E-state index contributed by atoms with van der Waals surface area (Å²) in [5.74, 6) is 0.745.